The molecule has 1 aromatic carbocycles. The highest BCUT2D eigenvalue weighted by Gasteiger charge is 2.11. The maximum atomic E-state index is 5.76. The van der Waals surface area contributed by atoms with Crippen LogP contribution in [0.5, 0.6) is 0 Å². The highest BCUT2D eigenvalue weighted by atomic mass is 79.9. The van der Waals surface area contributed by atoms with Crippen molar-refractivity contribution in [3.63, 3.8) is 0 Å². The molecule has 1 heterocycles. The molecular weight excluding hydrogens is 258 g/mol. The van der Waals surface area contributed by atoms with Gasteiger partial charge in [0.2, 0.25) is 0 Å². The minimum atomic E-state index is -0.195. The van der Waals surface area contributed by atoms with Gasteiger partial charge in [0.1, 0.15) is 0 Å². The first-order valence-electron chi connectivity index (χ1n) is 4.48. The fraction of sp³-hybridized carbons (Fsp3) is 0.222. The van der Waals surface area contributed by atoms with Crippen LogP contribution in [0.1, 0.15) is 18.8 Å². The highest BCUT2D eigenvalue weighted by molar-refractivity contribution is 9.10. The Balaban J connectivity index is 2.49. The third-order valence-corrected chi connectivity index (χ3v) is 2.45. The maximum Gasteiger partial charge on any atom is 0.173 e. The standard InChI is InChI=1S/C9H10BrN5/c1-6(11)9-12-13-14-15(9)8-4-2-3-7(10)5-8/h2-6H,11H2,1H3. The zero-order chi connectivity index (χ0) is 10.8. The summed E-state index contributed by atoms with van der Waals surface area (Å²) < 4.78 is 2.61. The van der Waals surface area contributed by atoms with E-state index >= 15 is 0 Å². The van der Waals surface area contributed by atoms with Crippen LogP contribution in [0, 0.1) is 0 Å². The minimum Gasteiger partial charge on any atom is -0.321 e. The number of hydrogen-bond donors (Lipinski definition) is 1. The van der Waals surface area contributed by atoms with Crippen molar-refractivity contribution in [2.45, 2.75) is 13.0 Å². The summed E-state index contributed by atoms with van der Waals surface area (Å²) in [6, 6.07) is 7.53. The zero-order valence-electron chi connectivity index (χ0n) is 8.13. The van der Waals surface area contributed by atoms with Crippen molar-refractivity contribution in [3.05, 3.63) is 34.6 Å². The third kappa shape index (κ3) is 2.05. The van der Waals surface area contributed by atoms with Gasteiger partial charge in [-0.3, -0.25) is 0 Å². The van der Waals surface area contributed by atoms with Crippen molar-refractivity contribution in [2.24, 2.45) is 5.73 Å². The van der Waals surface area contributed by atoms with E-state index in [4.69, 9.17) is 5.73 Å². The molecule has 0 radical (unpaired) electrons. The van der Waals surface area contributed by atoms with Gasteiger partial charge in [0.05, 0.1) is 11.7 Å². The number of benzene rings is 1. The Morgan fingerprint density at radius 2 is 2.27 bits per heavy atom. The van der Waals surface area contributed by atoms with Crippen molar-refractivity contribution in [1.29, 1.82) is 0 Å². The molecule has 5 nitrogen and oxygen atoms in total. The molecule has 0 aliphatic rings. The first-order valence-corrected chi connectivity index (χ1v) is 5.27. The van der Waals surface area contributed by atoms with Crippen molar-refractivity contribution >= 4 is 15.9 Å². The fourth-order valence-electron chi connectivity index (χ4n) is 1.27. The molecule has 1 unspecified atom stereocenters. The normalized spacial score (nSPS) is 12.7. The Bertz CT molecular complexity index is 465. The number of rotatable bonds is 2. The molecule has 6 heteroatoms. The second-order valence-corrected chi connectivity index (χ2v) is 4.13. The lowest BCUT2D eigenvalue weighted by Gasteiger charge is -2.06. The van der Waals surface area contributed by atoms with E-state index in [1.165, 1.54) is 0 Å². The first-order chi connectivity index (χ1) is 7.18. The van der Waals surface area contributed by atoms with Gasteiger partial charge in [-0.2, -0.15) is 4.68 Å². The number of halogens is 1. The van der Waals surface area contributed by atoms with Crippen LogP contribution in [0.25, 0.3) is 5.69 Å². The lowest BCUT2D eigenvalue weighted by molar-refractivity contribution is 0.688. The molecule has 2 aromatic rings. The second-order valence-electron chi connectivity index (χ2n) is 3.22. The summed E-state index contributed by atoms with van der Waals surface area (Å²) in [5.74, 6) is 0.646. The van der Waals surface area contributed by atoms with Gasteiger partial charge in [0, 0.05) is 4.47 Å². The van der Waals surface area contributed by atoms with Crippen LogP contribution in [0.2, 0.25) is 0 Å². The van der Waals surface area contributed by atoms with E-state index in [1.54, 1.807) is 4.68 Å². The largest absolute Gasteiger partial charge is 0.321 e. The molecule has 0 aliphatic heterocycles. The van der Waals surface area contributed by atoms with E-state index in [-0.39, 0.29) is 6.04 Å². The van der Waals surface area contributed by atoms with Crippen LogP contribution in [0.3, 0.4) is 0 Å². The summed E-state index contributed by atoms with van der Waals surface area (Å²) in [5.41, 5.74) is 6.65. The summed E-state index contributed by atoms with van der Waals surface area (Å²) in [5, 5.41) is 11.4. The van der Waals surface area contributed by atoms with E-state index in [9.17, 15) is 0 Å². The molecule has 0 saturated carbocycles. The van der Waals surface area contributed by atoms with Gasteiger partial charge in [0.15, 0.2) is 5.82 Å². The topological polar surface area (TPSA) is 69.6 Å². The van der Waals surface area contributed by atoms with Crippen molar-refractivity contribution in [2.75, 3.05) is 0 Å². The number of hydrogen-bond acceptors (Lipinski definition) is 4. The van der Waals surface area contributed by atoms with E-state index < -0.39 is 0 Å². The second kappa shape index (κ2) is 4.08. The van der Waals surface area contributed by atoms with E-state index in [0.717, 1.165) is 10.2 Å². The van der Waals surface area contributed by atoms with Crippen molar-refractivity contribution in [1.82, 2.24) is 20.2 Å². The monoisotopic (exact) mass is 267 g/mol. The van der Waals surface area contributed by atoms with Gasteiger partial charge < -0.3 is 5.73 Å². The van der Waals surface area contributed by atoms with E-state index in [2.05, 4.69) is 31.5 Å². The number of tetrazole rings is 1. The molecule has 15 heavy (non-hydrogen) atoms. The number of nitrogens with two attached hydrogens (primary N) is 1. The van der Waals surface area contributed by atoms with Crippen LogP contribution in [0.4, 0.5) is 0 Å². The number of aromatic nitrogens is 4. The Labute approximate surface area is 95.4 Å². The molecule has 0 spiro atoms. The predicted octanol–water partition coefficient (Wildman–Crippen LogP) is 1.44. The average molecular weight is 268 g/mol. The summed E-state index contributed by atoms with van der Waals surface area (Å²) in [7, 11) is 0. The van der Waals surface area contributed by atoms with Crippen molar-refractivity contribution < 1.29 is 0 Å². The Morgan fingerprint density at radius 3 is 2.93 bits per heavy atom. The molecule has 0 saturated heterocycles. The smallest absolute Gasteiger partial charge is 0.173 e. The van der Waals surface area contributed by atoms with Crippen LogP contribution in [-0.2, 0) is 0 Å². The SMILES string of the molecule is CC(N)c1nnnn1-c1cccc(Br)c1. The van der Waals surface area contributed by atoms with Gasteiger partial charge in [0.25, 0.3) is 0 Å². The zero-order valence-corrected chi connectivity index (χ0v) is 9.72. The molecule has 2 rings (SSSR count). The molecule has 1 aromatic heterocycles. The molecular formula is C9H10BrN5. The van der Waals surface area contributed by atoms with Crippen LogP contribution in [0.15, 0.2) is 28.7 Å². The van der Waals surface area contributed by atoms with Gasteiger partial charge in [-0.05, 0) is 35.5 Å². The molecule has 78 valence electrons. The number of nitrogens with zero attached hydrogens (tertiary/aromatic N) is 4. The fourth-order valence-corrected chi connectivity index (χ4v) is 1.66. The highest BCUT2D eigenvalue weighted by Crippen LogP contribution is 2.16. The van der Waals surface area contributed by atoms with Crippen LogP contribution in [-0.4, -0.2) is 20.2 Å². The Morgan fingerprint density at radius 1 is 1.47 bits per heavy atom. The average Bonchev–Trinajstić information content (AvgIpc) is 2.65. The molecule has 2 N–H and O–H groups in total. The Hall–Kier alpha value is -1.27. The third-order valence-electron chi connectivity index (χ3n) is 1.95. The molecule has 1 atom stereocenters. The summed E-state index contributed by atoms with van der Waals surface area (Å²) in [6.45, 7) is 1.85. The van der Waals surface area contributed by atoms with Crippen molar-refractivity contribution in [3.8, 4) is 5.69 Å². The molecule has 0 aliphatic carbocycles. The quantitative estimate of drug-likeness (QED) is 0.894. The van der Waals surface area contributed by atoms with Gasteiger partial charge in [-0.15, -0.1) is 5.10 Å². The summed E-state index contributed by atoms with van der Waals surface area (Å²) in [4.78, 5) is 0. The maximum absolute atomic E-state index is 5.76. The van der Waals surface area contributed by atoms with Gasteiger partial charge >= 0.3 is 0 Å². The lowest BCUT2D eigenvalue weighted by Crippen LogP contribution is -2.13. The summed E-state index contributed by atoms with van der Waals surface area (Å²) >= 11 is 3.40. The first kappa shape index (κ1) is 10.3. The molecule has 0 bridgehead atoms. The minimum absolute atomic E-state index is 0.195. The summed E-state index contributed by atoms with van der Waals surface area (Å²) in [6.07, 6.45) is 0. The van der Waals surface area contributed by atoms with E-state index in [0.29, 0.717) is 5.82 Å². The molecule has 0 amide bonds. The molecule has 0 fully saturated rings. The van der Waals surface area contributed by atoms with Crippen LogP contribution < -0.4 is 5.73 Å². The predicted molar refractivity (Wildman–Crippen MR) is 59.5 cm³/mol. The van der Waals surface area contributed by atoms with Gasteiger partial charge in [-0.25, -0.2) is 0 Å². The Kier molecular flexibility index (Phi) is 2.79. The lowest BCUT2D eigenvalue weighted by atomic mass is 10.3. The van der Waals surface area contributed by atoms with Gasteiger partial charge in [-0.1, -0.05) is 22.0 Å². The van der Waals surface area contributed by atoms with Crippen LogP contribution >= 0.6 is 15.9 Å². The van der Waals surface area contributed by atoms with E-state index in [1.807, 2.05) is 31.2 Å².